The summed E-state index contributed by atoms with van der Waals surface area (Å²) in [5, 5.41) is 20.8. The molecule has 34 heavy (non-hydrogen) atoms. The zero-order valence-electron chi connectivity index (χ0n) is 19.3. The number of carbonyl (C=O) groups excluding carboxylic acids is 1. The number of thioether (sulfide) groups is 1. The smallest absolute Gasteiger partial charge is 0.412 e. The molecule has 0 radical (unpaired) electrons. The van der Waals surface area contributed by atoms with Crippen LogP contribution in [0.15, 0.2) is 65.6 Å². The van der Waals surface area contributed by atoms with Crippen LogP contribution in [0.3, 0.4) is 0 Å². The molecule has 2 aromatic carbocycles. The number of hydrogen-bond donors (Lipinski definition) is 3. The van der Waals surface area contributed by atoms with E-state index < -0.39 is 24.3 Å². The van der Waals surface area contributed by atoms with E-state index in [0.29, 0.717) is 36.4 Å². The summed E-state index contributed by atoms with van der Waals surface area (Å²) in [5.41, 5.74) is 1.17. The summed E-state index contributed by atoms with van der Waals surface area (Å²) in [6.45, 7) is 2.11. The zero-order valence-corrected chi connectivity index (χ0v) is 20.1. The van der Waals surface area contributed by atoms with Crippen molar-refractivity contribution in [2.24, 2.45) is 0 Å². The Morgan fingerprint density at radius 1 is 1.15 bits per heavy atom. The molecule has 0 unspecified atom stereocenters. The third kappa shape index (κ3) is 9.09. The first-order valence-corrected chi connectivity index (χ1v) is 12.2. The van der Waals surface area contributed by atoms with E-state index in [-0.39, 0.29) is 13.2 Å². The van der Waals surface area contributed by atoms with Crippen molar-refractivity contribution in [2.45, 2.75) is 36.9 Å². The maximum Gasteiger partial charge on any atom is 0.412 e. The fraction of sp³-hybridized carbons (Fsp3) is 0.360. The minimum absolute atomic E-state index is 0.0817. The van der Waals surface area contributed by atoms with Crippen molar-refractivity contribution in [2.75, 3.05) is 31.4 Å². The highest BCUT2D eigenvalue weighted by molar-refractivity contribution is 7.98. The number of para-hydroxylation sites is 1. The Kier molecular flexibility index (Phi) is 12.0. The number of carboxylic acids is 1. The molecule has 184 valence electrons. The second-order valence-corrected chi connectivity index (χ2v) is 7.98. The molecule has 2 atom stereocenters. The number of carbonyl (C=O) groups is 2. The molecule has 0 spiro atoms. The molecule has 0 aliphatic heterocycles. The van der Waals surface area contributed by atoms with Gasteiger partial charge in [-0.25, -0.2) is 9.59 Å². The van der Waals surface area contributed by atoms with Crippen molar-refractivity contribution < 1.29 is 34.0 Å². The van der Waals surface area contributed by atoms with Gasteiger partial charge < -0.3 is 24.4 Å². The van der Waals surface area contributed by atoms with Crippen LogP contribution in [-0.2, 0) is 14.3 Å². The van der Waals surface area contributed by atoms with Gasteiger partial charge in [0, 0.05) is 28.8 Å². The number of rotatable bonds is 14. The van der Waals surface area contributed by atoms with Gasteiger partial charge in [0.25, 0.3) is 0 Å². The molecule has 2 aromatic rings. The van der Waals surface area contributed by atoms with Crippen molar-refractivity contribution in [1.82, 2.24) is 0 Å². The van der Waals surface area contributed by atoms with Crippen molar-refractivity contribution >= 4 is 29.5 Å². The number of carboxylic acid groups (broad SMARTS) is 1. The molecule has 8 nitrogen and oxygen atoms in total. The van der Waals surface area contributed by atoms with Gasteiger partial charge in [-0.2, -0.15) is 0 Å². The zero-order chi connectivity index (χ0) is 24.8. The second kappa shape index (κ2) is 15.0. The first kappa shape index (κ1) is 27.2. The van der Waals surface area contributed by atoms with Crippen molar-refractivity contribution in [1.29, 1.82) is 0 Å². The first-order chi connectivity index (χ1) is 16.5. The number of nitrogens with one attached hydrogen (secondary N) is 1. The molecule has 0 heterocycles. The van der Waals surface area contributed by atoms with Crippen molar-refractivity contribution in [3.05, 3.63) is 66.2 Å². The number of ether oxygens (including phenoxy) is 3. The maximum atomic E-state index is 12.8. The molecular weight excluding hydrogens is 458 g/mol. The van der Waals surface area contributed by atoms with Crippen LogP contribution >= 0.6 is 11.8 Å². The number of amides is 1. The van der Waals surface area contributed by atoms with Crippen LogP contribution in [0.2, 0.25) is 0 Å². The number of hydrogen-bond acceptors (Lipinski definition) is 7. The van der Waals surface area contributed by atoms with Crippen LogP contribution in [0, 0.1) is 0 Å². The van der Waals surface area contributed by atoms with Gasteiger partial charge in [0.2, 0.25) is 0 Å². The van der Waals surface area contributed by atoms with Crippen LogP contribution in [0.5, 0.6) is 5.75 Å². The molecular formula is C25H31NO7S. The fourth-order valence-electron chi connectivity index (χ4n) is 3.26. The Bertz CT molecular complexity index is 933. The molecule has 0 bridgehead atoms. The van der Waals surface area contributed by atoms with Crippen LogP contribution < -0.4 is 10.1 Å². The Morgan fingerprint density at radius 3 is 2.53 bits per heavy atom. The molecule has 0 saturated heterocycles. The van der Waals surface area contributed by atoms with E-state index in [1.54, 1.807) is 48.2 Å². The lowest BCUT2D eigenvalue weighted by atomic mass is 9.99. The van der Waals surface area contributed by atoms with Gasteiger partial charge in [0.15, 0.2) is 6.10 Å². The molecule has 9 heteroatoms. The number of benzene rings is 2. The molecule has 2 rings (SSSR count). The lowest BCUT2D eigenvalue weighted by molar-refractivity contribution is -0.131. The SMILES string of the molecule is CCO[C@@H](CC/C=C/C(=O)O)[C@@H](OC(=O)Nc1ccc(SC)cc1)c1ccccc1OCCO. The minimum atomic E-state index is -1.03. The predicted octanol–water partition coefficient (Wildman–Crippen LogP) is 4.90. The molecule has 1 amide bonds. The highest BCUT2D eigenvalue weighted by atomic mass is 32.2. The summed E-state index contributed by atoms with van der Waals surface area (Å²) >= 11 is 1.60. The lowest BCUT2D eigenvalue weighted by Gasteiger charge is -2.28. The van der Waals surface area contributed by atoms with E-state index in [0.717, 1.165) is 11.0 Å². The second-order valence-electron chi connectivity index (χ2n) is 7.10. The van der Waals surface area contributed by atoms with E-state index in [4.69, 9.17) is 19.3 Å². The van der Waals surface area contributed by atoms with Crippen LogP contribution in [0.25, 0.3) is 0 Å². The van der Waals surface area contributed by atoms with Crippen LogP contribution in [0.4, 0.5) is 10.5 Å². The third-order valence-electron chi connectivity index (χ3n) is 4.74. The van der Waals surface area contributed by atoms with Crippen molar-refractivity contribution in [3.8, 4) is 5.75 Å². The summed E-state index contributed by atoms with van der Waals surface area (Å²) in [6.07, 6.45) is 3.34. The first-order valence-electron chi connectivity index (χ1n) is 10.9. The Balaban J connectivity index is 2.29. The molecule has 0 aromatic heterocycles. The molecule has 0 fully saturated rings. The van der Waals surface area contributed by atoms with Gasteiger partial charge in [-0.1, -0.05) is 24.3 Å². The average Bonchev–Trinajstić information content (AvgIpc) is 2.84. The van der Waals surface area contributed by atoms with Gasteiger partial charge in [0.1, 0.15) is 12.4 Å². The number of aliphatic hydroxyl groups is 1. The van der Waals surface area contributed by atoms with Gasteiger partial charge >= 0.3 is 12.1 Å². The molecule has 3 N–H and O–H groups in total. The van der Waals surface area contributed by atoms with E-state index in [1.165, 1.54) is 6.08 Å². The van der Waals surface area contributed by atoms with Gasteiger partial charge in [-0.3, -0.25) is 5.32 Å². The highest BCUT2D eigenvalue weighted by Crippen LogP contribution is 2.34. The summed E-state index contributed by atoms with van der Waals surface area (Å²) in [6, 6.07) is 14.5. The van der Waals surface area contributed by atoms with Gasteiger partial charge in [-0.15, -0.1) is 11.8 Å². The number of aliphatic hydroxyl groups excluding tert-OH is 1. The Hall–Kier alpha value is -3.01. The Morgan fingerprint density at radius 2 is 1.88 bits per heavy atom. The summed E-state index contributed by atoms with van der Waals surface area (Å²) in [4.78, 5) is 24.7. The molecule has 0 aliphatic rings. The standard InChI is InChI=1S/C25H31NO7S/c1-3-31-22(10-6-7-11-23(28)29)24(20-8-4-5-9-21(20)32-17-16-27)33-25(30)26-18-12-14-19(34-2)15-13-18/h4-5,7-9,11-15,22,24,27H,3,6,10,16-17H2,1-2H3,(H,26,30)(H,28,29)/b11-7+/t22-,24-/m0/s1. The monoisotopic (exact) mass is 489 g/mol. The molecule has 0 aliphatic carbocycles. The average molecular weight is 490 g/mol. The van der Waals surface area contributed by atoms with E-state index in [1.807, 2.05) is 25.3 Å². The van der Waals surface area contributed by atoms with E-state index in [9.17, 15) is 14.7 Å². The van der Waals surface area contributed by atoms with Crippen LogP contribution in [-0.4, -0.2) is 54.5 Å². The van der Waals surface area contributed by atoms with Gasteiger partial charge in [-0.05, 0) is 56.4 Å². The number of allylic oxidation sites excluding steroid dienone is 1. The lowest BCUT2D eigenvalue weighted by Crippen LogP contribution is -2.29. The number of aliphatic carboxylic acids is 1. The van der Waals surface area contributed by atoms with Crippen molar-refractivity contribution in [3.63, 3.8) is 0 Å². The van der Waals surface area contributed by atoms with Gasteiger partial charge in [0.05, 0.1) is 12.7 Å². The number of anilines is 1. The normalized spacial score (nSPS) is 12.8. The van der Waals surface area contributed by atoms with E-state index >= 15 is 0 Å². The summed E-state index contributed by atoms with van der Waals surface area (Å²) in [7, 11) is 0. The third-order valence-corrected chi connectivity index (χ3v) is 5.49. The fourth-order valence-corrected chi connectivity index (χ4v) is 3.67. The predicted molar refractivity (Wildman–Crippen MR) is 132 cm³/mol. The quantitative estimate of drug-likeness (QED) is 0.254. The van der Waals surface area contributed by atoms with Crippen LogP contribution in [0.1, 0.15) is 31.4 Å². The largest absolute Gasteiger partial charge is 0.491 e. The van der Waals surface area contributed by atoms with E-state index in [2.05, 4.69) is 5.32 Å². The maximum absolute atomic E-state index is 12.8. The summed E-state index contributed by atoms with van der Waals surface area (Å²) in [5.74, 6) is -0.570. The topological polar surface area (TPSA) is 114 Å². The highest BCUT2D eigenvalue weighted by Gasteiger charge is 2.30. The summed E-state index contributed by atoms with van der Waals surface area (Å²) < 4.78 is 17.4. The Labute approximate surface area is 203 Å². The minimum Gasteiger partial charge on any atom is -0.491 e. The molecule has 0 saturated carbocycles.